The number of carbonyl (C=O) groups is 1. The molecule has 1 aliphatic heterocycles. The van der Waals surface area contributed by atoms with E-state index in [1.54, 1.807) is 20.8 Å². The van der Waals surface area contributed by atoms with E-state index in [-0.39, 0.29) is 24.9 Å². The molecule has 9 heteroatoms. The van der Waals surface area contributed by atoms with E-state index in [0.29, 0.717) is 0 Å². The smallest absolute Gasteiger partial charge is 0.437 e. The van der Waals surface area contributed by atoms with Gasteiger partial charge in [-0.3, -0.25) is 0 Å². The Morgan fingerprint density at radius 1 is 1.27 bits per heavy atom. The predicted molar refractivity (Wildman–Crippen MR) is 72.4 cm³/mol. The number of aromatic nitrogens is 2. The number of anilines is 1. The van der Waals surface area contributed by atoms with Crippen LogP contribution in [0.3, 0.4) is 0 Å². The first kappa shape index (κ1) is 16.3. The maximum absolute atomic E-state index is 12.8. The van der Waals surface area contributed by atoms with Crippen LogP contribution in [0.1, 0.15) is 26.5 Å². The first-order valence-corrected chi connectivity index (χ1v) is 6.69. The van der Waals surface area contributed by atoms with E-state index in [4.69, 9.17) is 4.74 Å². The molecule has 0 radical (unpaired) electrons. The fraction of sp³-hybridized carbons (Fsp3) is 0.615. The van der Waals surface area contributed by atoms with Gasteiger partial charge in [-0.1, -0.05) is 0 Å². The highest BCUT2D eigenvalue weighted by Gasteiger charge is 2.41. The van der Waals surface area contributed by atoms with E-state index in [1.165, 1.54) is 11.1 Å². The third-order valence-electron chi connectivity index (χ3n) is 2.85. The summed E-state index contributed by atoms with van der Waals surface area (Å²) in [4.78, 5) is 20.1. The van der Waals surface area contributed by atoms with Crippen LogP contribution in [0.5, 0.6) is 0 Å². The zero-order chi connectivity index (χ0) is 16.5. The van der Waals surface area contributed by atoms with Crippen LogP contribution in [-0.2, 0) is 10.9 Å². The van der Waals surface area contributed by atoms with Crippen LogP contribution < -0.4 is 10.2 Å². The number of hydrogen-bond acceptors (Lipinski definition) is 5. The van der Waals surface area contributed by atoms with Crippen LogP contribution >= 0.6 is 0 Å². The summed E-state index contributed by atoms with van der Waals surface area (Å²) in [7, 11) is 0. The van der Waals surface area contributed by atoms with Crippen molar-refractivity contribution in [2.45, 2.75) is 38.6 Å². The minimum atomic E-state index is -4.56. The molecule has 0 unspecified atom stereocenters. The number of rotatable bonds is 2. The maximum atomic E-state index is 12.8. The fourth-order valence-electron chi connectivity index (χ4n) is 1.98. The Morgan fingerprint density at radius 3 is 2.41 bits per heavy atom. The van der Waals surface area contributed by atoms with Gasteiger partial charge in [0.15, 0.2) is 11.5 Å². The molecule has 2 heterocycles. The van der Waals surface area contributed by atoms with Gasteiger partial charge in [0, 0.05) is 25.5 Å². The van der Waals surface area contributed by atoms with Crippen molar-refractivity contribution >= 4 is 11.9 Å². The molecule has 6 nitrogen and oxygen atoms in total. The van der Waals surface area contributed by atoms with Crippen LogP contribution in [0.25, 0.3) is 0 Å². The topological polar surface area (TPSA) is 67.3 Å². The first-order valence-electron chi connectivity index (χ1n) is 6.69. The van der Waals surface area contributed by atoms with Crippen LogP contribution in [0.4, 0.5) is 23.8 Å². The summed E-state index contributed by atoms with van der Waals surface area (Å²) in [5.41, 5.74) is -1.65. The van der Waals surface area contributed by atoms with Gasteiger partial charge in [-0.15, -0.1) is 0 Å². The Kier molecular flexibility index (Phi) is 4.17. The lowest BCUT2D eigenvalue weighted by molar-refractivity contribution is -0.141. The third kappa shape index (κ3) is 3.99. The van der Waals surface area contributed by atoms with Gasteiger partial charge in [-0.25, -0.2) is 14.8 Å². The zero-order valence-corrected chi connectivity index (χ0v) is 12.4. The molecule has 1 saturated heterocycles. The molecular formula is C13H17F3N4O2. The highest BCUT2D eigenvalue weighted by Crippen LogP contribution is 2.34. The monoisotopic (exact) mass is 318 g/mol. The number of nitrogens with one attached hydrogen (secondary N) is 1. The lowest BCUT2D eigenvalue weighted by atomic mass is 10.1. The SMILES string of the molecule is CC(C)(C)OC(=O)NC1CN(c2nccnc2C(F)(F)F)C1. The van der Waals surface area contributed by atoms with Crippen LogP contribution in [0, 0.1) is 0 Å². The largest absolute Gasteiger partial charge is 0.444 e. The molecule has 1 aromatic heterocycles. The average molecular weight is 318 g/mol. The predicted octanol–water partition coefficient (Wildman–Crippen LogP) is 2.21. The second-order valence-electron chi connectivity index (χ2n) is 5.97. The van der Waals surface area contributed by atoms with Gasteiger partial charge >= 0.3 is 12.3 Å². The zero-order valence-electron chi connectivity index (χ0n) is 12.4. The highest BCUT2D eigenvalue weighted by molar-refractivity contribution is 5.69. The minimum Gasteiger partial charge on any atom is -0.444 e. The van der Waals surface area contributed by atoms with Crippen molar-refractivity contribution in [1.82, 2.24) is 15.3 Å². The molecule has 2 rings (SSSR count). The molecular weight excluding hydrogens is 301 g/mol. The van der Waals surface area contributed by atoms with E-state index in [0.717, 1.165) is 6.20 Å². The number of alkyl carbamates (subject to hydrolysis) is 1. The number of alkyl halides is 3. The van der Waals surface area contributed by atoms with Crippen molar-refractivity contribution < 1.29 is 22.7 Å². The van der Waals surface area contributed by atoms with Crippen molar-refractivity contribution in [2.75, 3.05) is 18.0 Å². The summed E-state index contributed by atoms with van der Waals surface area (Å²) in [5.74, 6) is -0.225. The second-order valence-corrected chi connectivity index (χ2v) is 5.97. The highest BCUT2D eigenvalue weighted by atomic mass is 19.4. The molecule has 1 amide bonds. The second kappa shape index (κ2) is 5.62. The molecule has 1 N–H and O–H groups in total. The van der Waals surface area contributed by atoms with Gasteiger partial charge in [0.1, 0.15) is 5.60 Å². The summed E-state index contributed by atoms with van der Waals surface area (Å²) < 4.78 is 43.6. The fourth-order valence-corrected chi connectivity index (χ4v) is 1.98. The minimum absolute atomic E-state index is 0.223. The number of hydrogen-bond donors (Lipinski definition) is 1. The summed E-state index contributed by atoms with van der Waals surface area (Å²) in [6.07, 6.45) is -2.94. The van der Waals surface area contributed by atoms with Gasteiger partial charge in [0.05, 0.1) is 6.04 Å². The van der Waals surface area contributed by atoms with Gasteiger partial charge in [0.25, 0.3) is 0 Å². The van der Waals surface area contributed by atoms with Crippen LogP contribution in [0.2, 0.25) is 0 Å². The molecule has 1 aromatic rings. The molecule has 0 atom stereocenters. The normalized spacial score (nSPS) is 16.2. The number of amides is 1. The molecule has 122 valence electrons. The summed E-state index contributed by atoms with van der Waals surface area (Å²) in [6.45, 7) is 5.64. The molecule has 0 spiro atoms. The third-order valence-corrected chi connectivity index (χ3v) is 2.85. The standard InChI is InChI=1S/C13H17F3N4O2/c1-12(2,3)22-11(21)19-8-6-20(7-8)10-9(13(14,15)16)17-4-5-18-10/h4-5,8H,6-7H2,1-3H3,(H,19,21). The van der Waals surface area contributed by atoms with Gasteiger partial charge in [-0.2, -0.15) is 13.2 Å². The van der Waals surface area contributed by atoms with Gasteiger partial charge in [-0.05, 0) is 20.8 Å². The van der Waals surface area contributed by atoms with E-state index < -0.39 is 23.6 Å². The maximum Gasteiger partial charge on any atom is 0.437 e. The van der Waals surface area contributed by atoms with Crippen molar-refractivity contribution in [3.8, 4) is 0 Å². The Labute approximate surface area is 125 Å². The molecule has 0 aromatic carbocycles. The Bertz CT molecular complexity index is 551. The van der Waals surface area contributed by atoms with Gasteiger partial charge in [0.2, 0.25) is 0 Å². The first-order chi connectivity index (χ1) is 10.1. The Morgan fingerprint density at radius 2 is 1.86 bits per heavy atom. The molecule has 1 fully saturated rings. The average Bonchev–Trinajstić information content (AvgIpc) is 2.30. The number of ether oxygens (including phenoxy) is 1. The van der Waals surface area contributed by atoms with E-state index in [9.17, 15) is 18.0 Å². The molecule has 0 bridgehead atoms. The van der Waals surface area contributed by atoms with E-state index in [1.807, 2.05) is 0 Å². The van der Waals surface area contributed by atoms with Crippen LogP contribution in [-0.4, -0.2) is 40.8 Å². The Balaban J connectivity index is 1.94. The van der Waals surface area contributed by atoms with Gasteiger partial charge < -0.3 is 15.0 Å². The lowest BCUT2D eigenvalue weighted by Crippen LogP contribution is -2.60. The molecule has 0 aliphatic carbocycles. The number of carbonyl (C=O) groups excluding carboxylic acids is 1. The molecule has 1 aliphatic rings. The number of halogens is 3. The van der Waals surface area contributed by atoms with Crippen molar-refractivity contribution in [3.63, 3.8) is 0 Å². The van der Waals surface area contributed by atoms with Crippen molar-refractivity contribution in [2.24, 2.45) is 0 Å². The molecule has 0 saturated carbocycles. The quantitative estimate of drug-likeness (QED) is 0.905. The summed E-state index contributed by atoms with van der Waals surface area (Å²) in [6, 6.07) is -0.280. The van der Waals surface area contributed by atoms with Crippen molar-refractivity contribution in [1.29, 1.82) is 0 Å². The molecule has 22 heavy (non-hydrogen) atoms. The summed E-state index contributed by atoms with van der Waals surface area (Å²) >= 11 is 0. The van der Waals surface area contributed by atoms with E-state index >= 15 is 0 Å². The lowest BCUT2D eigenvalue weighted by Gasteiger charge is -2.40. The number of nitrogens with zero attached hydrogens (tertiary/aromatic N) is 3. The Hall–Kier alpha value is -2.06. The van der Waals surface area contributed by atoms with E-state index in [2.05, 4.69) is 15.3 Å². The van der Waals surface area contributed by atoms with Crippen molar-refractivity contribution in [3.05, 3.63) is 18.1 Å². The summed E-state index contributed by atoms with van der Waals surface area (Å²) in [5, 5.41) is 2.60. The van der Waals surface area contributed by atoms with Crippen LogP contribution in [0.15, 0.2) is 12.4 Å².